The van der Waals surface area contributed by atoms with Crippen molar-refractivity contribution in [2.45, 2.75) is 25.5 Å². The minimum atomic E-state index is -0.778. The molecular formula is C21H22N4O. The minimum absolute atomic E-state index is 0.625. The predicted octanol–water partition coefficient (Wildman–Crippen LogP) is 2.94. The number of aryl methyl sites for hydroxylation is 1. The lowest BCUT2D eigenvalue weighted by molar-refractivity contribution is 0.0446. The van der Waals surface area contributed by atoms with E-state index < -0.39 is 5.60 Å². The average molecular weight is 346 g/mol. The number of benzene rings is 1. The Balaban J connectivity index is 1.45. The lowest BCUT2D eigenvalue weighted by atomic mass is 9.89. The van der Waals surface area contributed by atoms with Crippen LogP contribution in [0.4, 0.5) is 0 Å². The maximum atomic E-state index is 11.1. The van der Waals surface area contributed by atoms with E-state index in [1.165, 1.54) is 0 Å². The molecule has 3 aromatic rings. The molecule has 4 rings (SSSR count). The zero-order valence-electron chi connectivity index (χ0n) is 14.8. The van der Waals surface area contributed by atoms with E-state index in [0.717, 1.165) is 41.9 Å². The van der Waals surface area contributed by atoms with E-state index in [1.54, 1.807) is 6.20 Å². The Morgan fingerprint density at radius 3 is 2.54 bits per heavy atom. The lowest BCUT2D eigenvalue weighted by Crippen LogP contribution is -2.31. The summed E-state index contributed by atoms with van der Waals surface area (Å²) in [4.78, 5) is 15.4. The summed E-state index contributed by atoms with van der Waals surface area (Å²) in [6.45, 7) is 4.27. The quantitative estimate of drug-likeness (QED) is 0.787. The highest BCUT2D eigenvalue weighted by Gasteiger charge is 2.38. The molecule has 0 spiro atoms. The fourth-order valence-electron chi connectivity index (χ4n) is 3.64. The van der Waals surface area contributed by atoms with Gasteiger partial charge in [-0.05, 0) is 36.6 Å². The number of aliphatic hydroxyl groups is 1. The summed E-state index contributed by atoms with van der Waals surface area (Å²) in [7, 11) is 0. The fourth-order valence-corrected chi connectivity index (χ4v) is 3.64. The molecule has 1 aliphatic heterocycles. The van der Waals surface area contributed by atoms with Gasteiger partial charge in [0.2, 0.25) is 0 Å². The summed E-state index contributed by atoms with van der Waals surface area (Å²) in [6.07, 6.45) is 6.18. The predicted molar refractivity (Wildman–Crippen MR) is 100 cm³/mol. The molecule has 0 saturated carbocycles. The second kappa shape index (κ2) is 6.94. The van der Waals surface area contributed by atoms with Crippen molar-refractivity contribution in [1.29, 1.82) is 0 Å². The highest BCUT2D eigenvalue weighted by Crippen LogP contribution is 2.34. The standard InChI is InChI=1S/C21H22N4O/c1-16-6-2-3-7-18(16)21(26)9-11-25(15-21)14-17-12-23-20(24-13-17)19-8-4-5-10-22-19/h2-8,10,12-13,26H,9,11,14-15H2,1H3/t21-/m0/s1. The second-order valence-corrected chi connectivity index (χ2v) is 6.94. The topological polar surface area (TPSA) is 62.1 Å². The van der Waals surface area contributed by atoms with Crippen LogP contribution in [-0.2, 0) is 12.1 Å². The van der Waals surface area contributed by atoms with E-state index in [0.29, 0.717) is 12.4 Å². The van der Waals surface area contributed by atoms with E-state index in [1.807, 2.05) is 48.8 Å². The number of nitrogens with zero attached hydrogens (tertiary/aromatic N) is 4. The molecule has 1 fully saturated rings. The van der Waals surface area contributed by atoms with Crippen molar-refractivity contribution in [2.75, 3.05) is 13.1 Å². The van der Waals surface area contributed by atoms with Crippen LogP contribution in [0.1, 0.15) is 23.1 Å². The van der Waals surface area contributed by atoms with Crippen LogP contribution in [0, 0.1) is 6.92 Å². The van der Waals surface area contributed by atoms with Gasteiger partial charge < -0.3 is 5.11 Å². The smallest absolute Gasteiger partial charge is 0.178 e. The molecular weight excluding hydrogens is 324 g/mol. The number of hydrogen-bond donors (Lipinski definition) is 1. The van der Waals surface area contributed by atoms with Crippen LogP contribution < -0.4 is 0 Å². The summed E-state index contributed by atoms with van der Waals surface area (Å²) in [6, 6.07) is 13.8. The Kier molecular flexibility index (Phi) is 4.49. The molecule has 26 heavy (non-hydrogen) atoms. The molecule has 1 N–H and O–H groups in total. The summed E-state index contributed by atoms with van der Waals surface area (Å²) in [5.41, 5.74) is 3.21. The maximum Gasteiger partial charge on any atom is 0.178 e. The van der Waals surface area contributed by atoms with E-state index in [4.69, 9.17) is 0 Å². The van der Waals surface area contributed by atoms with Crippen molar-refractivity contribution in [2.24, 2.45) is 0 Å². The van der Waals surface area contributed by atoms with E-state index in [-0.39, 0.29) is 0 Å². The van der Waals surface area contributed by atoms with Gasteiger partial charge in [-0.3, -0.25) is 9.88 Å². The summed E-state index contributed by atoms with van der Waals surface area (Å²) >= 11 is 0. The summed E-state index contributed by atoms with van der Waals surface area (Å²) in [5.74, 6) is 0.632. The van der Waals surface area contributed by atoms with Gasteiger partial charge in [-0.1, -0.05) is 30.3 Å². The zero-order valence-corrected chi connectivity index (χ0v) is 14.8. The van der Waals surface area contributed by atoms with Gasteiger partial charge in [0.15, 0.2) is 5.82 Å². The van der Waals surface area contributed by atoms with E-state index in [9.17, 15) is 5.11 Å². The van der Waals surface area contributed by atoms with Gasteiger partial charge in [0.1, 0.15) is 11.3 Å². The largest absolute Gasteiger partial charge is 0.384 e. The zero-order chi connectivity index (χ0) is 18.0. The van der Waals surface area contributed by atoms with Crippen molar-refractivity contribution in [3.05, 3.63) is 77.7 Å². The monoisotopic (exact) mass is 346 g/mol. The number of β-amino-alcohol motifs (C(OH)–C–C–N with tert-alkyl or cyclic N) is 1. The van der Waals surface area contributed by atoms with Crippen LogP contribution in [0.5, 0.6) is 0 Å². The van der Waals surface area contributed by atoms with Crippen LogP contribution in [0.3, 0.4) is 0 Å². The molecule has 0 amide bonds. The molecule has 1 atom stereocenters. The second-order valence-electron chi connectivity index (χ2n) is 6.94. The minimum Gasteiger partial charge on any atom is -0.384 e. The van der Waals surface area contributed by atoms with Crippen molar-refractivity contribution >= 4 is 0 Å². The third kappa shape index (κ3) is 3.36. The molecule has 132 valence electrons. The van der Waals surface area contributed by atoms with Crippen LogP contribution in [-0.4, -0.2) is 38.0 Å². The van der Waals surface area contributed by atoms with E-state index in [2.05, 4.69) is 32.8 Å². The van der Waals surface area contributed by atoms with Crippen LogP contribution in [0.25, 0.3) is 11.5 Å². The first-order valence-electron chi connectivity index (χ1n) is 8.87. The van der Waals surface area contributed by atoms with Crippen molar-refractivity contribution in [3.8, 4) is 11.5 Å². The Labute approximate surface area is 153 Å². The normalized spacial score (nSPS) is 20.4. The van der Waals surface area contributed by atoms with Gasteiger partial charge in [0.05, 0.1) is 0 Å². The first-order chi connectivity index (χ1) is 12.6. The van der Waals surface area contributed by atoms with Crippen molar-refractivity contribution in [3.63, 3.8) is 0 Å². The molecule has 5 heteroatoms. The van der Waals surface area contributed by atoms with E-state index >= 15 is 0 Å². The molecule has 1 aromatic carbocycles. The molecule has 3 heterocycles. The summed E-state index contributed by atoms with van der Waals surface area (Å²) < 4.78 is 0. The molecule has 0 radical (unpaired) electrons. The van der Waals surface area contributed by atoms with Crippen LogP contribution >= 0.6 is 0 Å². The first-order valence-corrected chi connectivity index (χ1v) is 8.87. The molecule has 0 bridgehead atoms. The molecule has 1 saturated heterocycles. The number of aromatic nitrogens is 3. The SMILES string of the molecule is Cc1ccccc1[C@]1(O)CCN(Cc2cnc(-c3ccccn3)nc2)C1. The number of likely N-dealkylation sites (tertiary alicyclic amines) is 1. The van der Waals surface area contributed by atoms with Crippen molar-refractivity contribution < 1.29 is 5.11 Å². The molecule has 5 nitrogen and oxygen atoms in total. The lowest BCUT2D eigenvalue weighted by Gasteiger charge is -2.25. The highest BCUT2D eigenvalue weighted by molar-refractivity contribution is 5.47. The fraction of sp³-hybridized carbons (Fsp3) is 0.286. The summed E-state index contributed by atoms with van der Waals surface area (Å²) in [5, 5.41) is 11.1. The molecule has 1 aliphatic rings. The third-order valence-corrected chi connectivity index (χ3v) is 4.98. The number of pyridine rings is 1. The molecule has 0 unspecified atom stereocenters. The van der Waals surface area contributed by atoms with Gasteiger partial charge >= 0.3 is 0 Å². The Morgan fingerprint density at radius 2 is 1.81 bits per heavy atom. The van der Waals surface area contributed by atoms with Gasteiger partial charge in [0.25, 0.3) is 0 Å². The van der Waals surface area contributed by atoms with Gasteiger partial charge in [-0.2, -0.15) is 0 Å². The Bertz CT molecular complexity index is 882. The van der Waals surface area contributed by atoms with Gasteiger partial charge in [0, 0.05) is 43.8 Å². The number of hydrogen-bond acceptors (Lipinski definition) is 5. The van der Waals surface area contributed by atoms with Crippen LogP contribution in [0.15, 0.2) is 61.1 Å². The maximum absolute atomic E-state index is 11.1. The highest BCUT2D eigenvalue weighted by atomic mass is 16.3. The van der Waals surface area contributed by atoms with Gasteiger partial charge in [-0.15, -0.1) is 0 Å². The van der Waals surface area contributed by atoms with Crippen molar-refractivity contribution in [1.82, 2.24) is 19.9 Å². The Morgan fingerprint density at radius 1 is 1.04 bits per heavy atom. The van der Waals surface area contributed by atoms with Crippen LogP contribution in [0.2, 0.25) is 0 Å². The molecule has 2 aromatic heterocycles. The molecule has 0 aliphatic carbocycles. The Hall–Kier alpha value is -2.63. The average Bonchev–Trinajstić information content (AvgIpc) is 3.05. The third-order valence-electron chi connectivity index (χ3n) is 4.98. The van der Waals surface area contributed by atoms with Gasteiger partial charge in [-0.25, -0.2) is 9.97 Å². The number of rotatable bonds is 4. The first kappa shape index (κ1) is 16.8.